The number of hydrogen-bond donors (Lipinski definition) is 5. The van der Waals surface area contributed by atoms with E-state index in [4.69, 9.17) is 28.4 Å². The standard InChI is InChI=1S/C27H32O12/c1-34-17-9-14(10-18(35-2)21(17)30)25-16(12-37-27-24(33)23(32)22(31)20(11-29)38-27)15-7-13(5-4-6-28)8-19(36-3)26(15)39-25/h4-10,16,20,22-25,27,29-33H,11-12H2,1-3H3/b5-4+/t16-,20+,22+,23-,24+,25+,27+/m0/s1. The average Bonchev–Trinajstić information content (AvgIpc) is 3.32. The quantitative estimate of drug-likeness (QED) is 0.208. The van der Waals surface area contributed by atoms with Crippen LogP contribution in [0.4, 0.5) is 0 Å². The Bertz CT molecular complexity index is 1170. The van der Waals surface area contributed by atoms with Crippen LogP contribution < -0.4 is 18.9 Å². The third-order valence-electron chi connectivity index (χ3n) is 6.82. The van der Waals surface area contributed by atoms with Gasteiger partial charge in [-0.1, -0.05) is 6.08 Å². The van der Waals surface area contributed by atoms with Gasteiger partial charge in [0.2, 0.25) is 5.75 Å². The van der Waals surface area contributed by atoms with E-state index >= 15 is 0 Å². The normalized spacial score (nSPS) is 28.1. The largest absolute Gasteiger partial charge is 0.502 e. The Morgan fingerprint density at radius 2 is 1.59 bits per heavy atom. The monoisotopic (exact) mass is 548 g/mol. The van der Waals surface area contributed by atoms with Gasteiger partial charge < -0.3 is 54.0 Å². The second-order valence-electron chi connectivity index (χ2n) is 9.09. The molecule has 2 aromatic carbocycles. The predicted octanol–water partition coefficient (Wildman–Crippen LogP) is 0.664. The highest BCUT2D eigenvalue weighted by Crippen LogP contribution is 2.53. The lowest BCUT2D eigenvalue weighted by Crippen LogP contribution is -2.59. The molecule has 212 valence electrons. The molecule has 0 spiro atoms. The van der Waals surface area contributed by atoms with Crippen LogP contribution in [0.5, 0.6) is 28.7 Å². The van der Waals surface area contributed by atoms with Gasteiger partial charge in [0.1, 0.15) is 36.8 Å². The van der Waals surface area contributed by atoms with E-state index in [-0.39, 0.29) is 23.9 Å². The maximum absolute atomic E-state index is 10.9. The number of phenols is 1. The lowest BCUT2D eigenvalue weighted by atomic mass is 9.90. The number of carbonyl (C=O) groups is 1. The number of aliphatic hydroxyl groups is 4. The van der Waals surface area contributed by atoms with Crippen LogP contribution in [-0.2, 0) is 14.3 Å². The van der Waals surface area contributed by atoms with Crippen LogP contribution in [0.2, 0.25) is 0 Å². The smallest absolute Gasteiger partial charge is 0.200 e. The van der Waals surface area contributed by atoms with Gasteiger partial charge in [-0.05, 0) is 35.9 Å². The van der Waals surface area contributed by atoms with Crippen molar-refractivity contribution in [2.45, 2.75) is 42.7 Å². The van der Waals surface area contributed by atoms with Crippen molar-refractivity contribution in [3.05, 3.63) is 47.0 Å². The van der Waals surface area contributed by atoms with E-state index in [2.05, 4.69) is 0 Å². The fourth-order valence-corrected chi connectivity index (χ4v) is 4.78. The molecule has 39 heavy (non-hydrogen) atoms. The van der Waals surface area contributed by atoms with Crippen LogP contribution in [0.15, 0.2) is 30.3 Å². The molecule has 12 nitrogen and oxygen atoms in total. The van der Waals surface area contributed by atoms with Crippen molar-refractivity contribution in [3.63, 3.8) is 0 Å². The van der Waals surface area contributed by atoms with Gasteiger partial charge in [-0.15, -0.1) is 0 Å². The molecule has 2 aromatic rings. The number of hydrogen-bond acceptors (Lipinski definition) is 12. The maximum atomic E-state index is 10.9. The molecule has 0 radical (unpaired) electrons. The third kappa shape index (κ3) is 5.53. The minimum atomic E-state index is -1.60. The lowest BCUT2D eigenvalue weighted by Gasteiger charge is -2.40. The lowest BCUT2D eigenvalue weighted by molar-refractivity contribution is -0.302. The summed E-state index contributed by atoms with van der Waals surface area (Å²) in [4.78, 5) is 10.9. The average molecular weight is 549 g/mol. The van der Waals surface area contributed by atoms with E-state index in [0.29, 0.717) is 34.5 Å². The van der Waals surface area contributed by atoms with Crippen molar-refractivity contribution in [2.24, 2.45) is 0 Å². The Kier molecular flexibility index (Phi) is 8.95. The van der Waals surface area contributed by atoms with Gasteiger partial charge in [0.05, 0.1) is 40.5 Å². The molecule has 0 saturated carbocycles. The van der Waals surface area contributed by atoms with Crippen LogP contribution in [0.25, 0.3) is 6.08 Å². The van der Waals surface area contributed by atoms with Crippen molar-refractivity contribution in [1.82, 2.24) is 0 Å². The van der Waals surface area contributed by atoms with E-state index in [9.17, 15) is 30.3 Å². The summed E-state index contributed by atoms with van der Waals surface area (Å²) in [5, 5.41) is 50.7. The number of fused-ring (bicyclic) bond motifs is 1. The fourth-order valence-electron chi connectivity index (χ4n) is 4.78. The Balaban J connectivity index is 1.75. The van der Waals surface area contributed by atoms with Crippen molar-refractivity contribution in [2.75, 3.05) is 34.5 Å². The number of methoxy groups -OCH3 is 3. The van der Waals surface area contributed by atoms with Gasteiger partial charge >= 0.3 is 0 Å². The molecule has 0 aromatic heterocycles. The van der Waals surface area contributed by atoms with Crippen molar-refractivity contribution in [3.8, 4) is 28.7 Å². The number of rotatable bonds is 10. The van der Waals surface area contributed by atoms with E-state index in [1.807, 2.05) is 0 Å². The van der Waals surface area contributed by atoms with Crippen LogP contribution in [-0.4, -0.2) is 97.1 Å². The summed E-state index contributed by atoms with van der Waals surface area (Å²) in [6, 6.07) is 6.69. The number of ether oxygens (including phenoxy) is 6. The zero-order valence-electron chi connectivity index (χ0n) is 21.6. The van der Waals surface area contributed by atoms with Crippen LogP contribution in [0, 0.1) is 0 Å². The van der Waals surface area contributed by atoms with Gasteiger partial charge in [0, 0.05) is 11.1 Å². The summed E-state index contributed by atoms with van der Waals surface area (Å²) in [6.45, 7) is -0.713. The summed E-state index contributed by atoms with van der Waals surface area (Å²) in [7, 11) is 4.28. The zero-order chi connectivity index (χ0) is 28.3. The summed E-state index contributed by atoms with van der Waals surface area (Å²) in [5.41, 5.74) is 1.87. The minimum absolute atomic E-state index is 0.115. The molecule has 1 fully saturated rings. The van der Waals surface area contributed by atoms with Gasteiger partial charge in [0.15, 0.2) is 29.3 Å². The number of carbonyl (C=O) groups excluding carboxylic acids is 1. The predicted molar refractivity (Wildman–Crippen MR) is 135 cm³/mol. The first kappa shape index (κ1) is 28.6. The minimum Gasteiger partial charge on any atom is -0.502 e. The van der Waals surface area contributed by atoms with Gasteiger partial charge in [-0.25, -0.2) is 0 Å². The van der Waals surface area contributed by atoms with Gasteiger partial charge in [-0.3, -0.25) is 4.79 Å². The Morgan fingerprint density at radius 1 is 0.923 bits per heavy atom. The summed E-state index contributed by atoms with van der Waals surface area (Å²) in [5.74, 6) is 0.366. The second-order valence-corrected chi connectivity index (χ2v) is 9.09. The highest BCUT2D eigenvalue weighted by Gasteiger charge is 2.46. The first-order chi connectivity index (χ1) is 18.8. The highest BCUT2D eigenvalue weighted by molar-refractivity contribution is 5.75. The molecule has 0 aliphatic carbocycles. The van der Waals surface area contributed by atoms with Crippen LogP contribution in [0.3, 0.4) is 0 Å². The number of allylic oxidation sites excluding steroid dienone is 1. The number of aldehydes is 1. The van der Waals surface area contributed by atoms with E-state index in [1.54, 1.807) is 30.3 Å². The van der Waals surface area contributed by atoms with Gasteiger partial charge in [-0.2, -0.15) is 0 Å². The summed E-state index contributed by atoms with van der Waals surface area (Å²) in [6.07, 6.45) is -4.36. The third-order valence-corrected chi connectivity index (χ3v) is 6.82. The van der Waals surface area contributed by atoms with Crippen LogP contribution in [0.1, 0.15) is 28.7 Å². The number of aromatic hydroxyl groups is 1. The van der Waals surface area contributed by atoms with Crippen molar-refractivity contribution >= 4 is 12.4 Å². The first-order valence-electron chi connectivity index (χ1n) is 12.1. The Morgan fingerprint density at radius 3 is 2.18 bits per heavy atom. The molecule has 12 heteroatoms. The zero-order valence-corrected chi connectivity index (χ0v) is 21.6. The van der Waals surface area contributed by atoms with E-state index < -0.39 is 49.3 Å². The molecular formula is C27H32O12. The van der Waals surface area contributed by atoms with Crippen LogP contribution >= 0.6 is 0 Å². The molecule has 2 aliphatic heterocycles. The van der Waals surface area contributed by atoms with Gasteiger partial charge in [0.25, 0.3) is 0 Å². The van der Waals surface area contributed by atoms with E-state index in [1.165, 1.54) is 27.4 Å². The van der Waals surface area contributed by atoms with Crippen molar-refractivity contribution < 1.29 is 58.7 Å². The summed E-state index contributed by atoms with van der Waals surface area (Å²) < 4.78 is 33.9. The SMILES string of the molecule is COc1cc([C@H]2Oc3c(OC)cc(/C=C/C=O)cc3[C@@H]2CO[C@@H]2O[C@H](CO)[C@@H](O)[C@H](O)[C@H]2O)cc(OC)c1O. The second kappa shape index (κ2) is 12.2. The molecule has 1 saturated heterocycles. The Hall–Kier alpha value is -3.39. The molecule has 2 heterocycles. The maximum Gasteiger partial charge on any atom is 0.200 e. The Labute approximate surface area is 224 Å². The molecule has 2 aliphatic rings. The molecule has 0 bridgehead atoms. The molecule has 5 N–H and O–H groups in total. The number of phenolic OH excluding ortho intramolecular Hbond substituents is 1. The number of aliphatic hydroxyl groups excluding tert-OH is 4. The molecule has 0 unspecified atom stereocenters. The molecule has 7 atom stereocenters. The summed E-state index contributed by atoms with van der Waals surface area (Å²) >= 11 is 0. The highest BCUT2D eigenvalue weighted by atomic mass is 16.7. The van der Waals surface area contributed by atoms with E-state index in [0.717, 1.165) is 0 Å². The molecular weight excluding hydrogens is 516 g/mol. The fraction of sp³-hybridized carbons (Fsp3) is 0.444. The first-order valence-corrected chi connectivity index (χ1v) is 12.1. The molecule has 4 rings (SSSR count). The van der Waals surface area contributed by atoms with Crippen molar-refractivity contribution in [1.29, 1.82) is 0 Å². The molecule has 0 amide bonds. The number of benzene rings is 2. The topological polar surface area (TPSA) is 174 Å².